The van der Waals surface area contributed by atoms with Crippen molar-refractivity contribution >= 4 is 18.3 Å². The second-order valence-corrected chi connectivity index (χ2v) is 6.64. The number of carbonyl (C=O) groups excluding carboxylic acids is 1. The molecule has 1 aliphatic rings. The molecule has 1 amide bonds. The zero-order valence-electron chi connectivity index (χ0n) is 15.7. The fourth-order valence-electron chi connectivity index (χ4n) is 3.44. The van der Waals surface area contributed by atoms with Gasteiger partial charge in [-0.1, -0.05) is 31.4 Å². The van der Waals surface area contributed by atoms with Gasteiger partial charge >= 0.3 is 0 Å². The summed E-state index contributed by atoms with van der Waals surface area (Å²) < 4.78 is 11.3. The van der Waals surface area contributed by atoms with Gasteiger partial charge in [0.15, 0.2) is 11.5 Å². The van der Waals surface area contributed by atoms with Crippen LogP contribution in [0.2, 0.25) is 0 Å². The number of amides is 1. The Balaban J connectivity index is 0.00000338. The molecule has 0 aromatic heterocycles. The van der Waals surface area contributed by atoms with Crippen LogP contribution in [-0.2, 0) is 4.79 Å². The normalized spacial score (nSPS) is 15.6. The van der Waals surface area contributed by atoms with Crippen LogP contribution in [0.25, 0.3) is 0 Å². The zero-order valence-corrected chi connectivity index (χ0v) is 16.6. The lowest BCUT2D eigenvalue weighted by atomic mass is 9.84. The van der Waals surface area contributed by atoms with E-state index >= 15 is 0 Å². The van der Waals surface area contributed by atoms with Crippen LogP contribution in [0, 0.1) is 5.92 Å². The predicted molar refractivity (Wildman–Crippen MR) is 107 cm³/mol. The van der Waals surface area contributed by atoms with Crippen molar-refractivity contribution in [1.82, 2.24) is 5.32 Å². The lowest BCUT2D eigenvalue weighted by molar-refractivity contribution is -0.122. The summed E-state index contributed by atoms with van der Waals surface area (Å²) in [5, 5.41) is 3.12. The van der Waals surface area contributed by atoms with Crippen molar-refractivity contribution in [2.24, 2.45) is 11.7 Å². The van der Waals surface area contributed by atoms with E-state index in [1.165, 1.54) is 32.1 Å². The minimum absolute atomic E-state index is 0. The van der Waals surface area contributed by atoms with Gasteiger partial charge in [0, 0.05) is 19.0 Å². The molecule has 6 heteroatoms. The molecule has 1 fully saturated rings. The summed E-state index contributed by atoms with van der Waals surface area (Å²) in [7, 11) is 0. The summed E-state index contributed by atoms with van der Waals surface area (Å²) in [6.45, 7) is 3.56. The molecule has 1 unspecified atom stereocenters. The van der Waals surface area contributed by atoms with Crippen molar-refractivity contribution in [1.29, 1.82) is 0 Å². The zero-order chi connectivity index (χ0) is 17.9. The van der Waals surface area contributed by atoms with Crippen LogP contribution in [0.1, 0.15) is 51.9 Å². The molecule has 1 saturated carbocycles. The van der Waals surface area contributed by atoms with Gasteiger partial charge in [0.2, 0.25) is 5.91 Å². The topological polar surface area (TPSA) is 73.6 Å². The average molecular weight is 385 g/mol. The molecule has 26 heavy (non-hydrogen) atoms. The van der Waals surface area contributed by atoms with Crippen LogP contribution in [-0.4, -0.2) is 31.7 Å². The van der Waals surface area contributed by atoms with Crippen LogP contribution < -0.4 is 20.5 Å². The maximum Gasteiger partial charge on any atom is 0.220 e. The molecule has 2 rings (SSSR count). The van der Waals surface area contributed by atoms with Crippen molar-refractivity contribution in [3.8, 4) is 11.5 Å². The molecule has 5 nitrogen and oxygen atoms in total. The standard InChI is InChI=1S/C20H32N2O3.ClH/c1-2-24-18-11-6-7-12-19(18)25-14-8-13-20(23)22-17(15-21)16-9-4-3-5-10-16;/h6-7,11-12,16-17H,2-5,8-10,13-15,21H2,1H3,(H,22,23);1H. The third kappa shape index (κ3) is 7.42. The number of hydrogen-bond acceptors (Lipinski definition) is 4. The Hall–Kier alpha value is -1.46. The van der Waals surface area contributed by atoms with Crippen molar-refractivity contribution in [2.45, 2.75) is 57.9 Å². The summed E-state index contributed by atoms with van der Waals surface area (Å²) in [4.78, 5) is 12.2. The lowest BCUT2D eigenvalue weighted by Crippen LogP contribution is -2.45. The van der Waals surface area contributed by atoms with Crippen molar-refractivity contribution in [3.05, 3.63) is 24.3 Å². The predicted octanol–water partition coefficient (Wildman–Crippen LogP) is 3.69. The van der Waals surface area contributed by atoms with Crippen LogP contribution in [0.4, 0.5) is 0 Å². The van der Waals surface area contributed by atoms with E-state index in [1.54, 1.807) is 0 Å². The van der Waals surface area contributed by atoms with E-state index in [2.05, 4.69) is 5.32 Å². The van der Waals surface area contributed by atoms with Gasteiger partial charge in [-0.3, -0.25) is 4.79 Å². The monoisotopic (exact) mass is 384 g/mol. The van der Waals surface area contributed by atoms with Crippen molar-refractivity contribution in [3.63, 3.8) is 0 Å². The van der Waals surface area contributed by atoms with Crippen molar-refractivity contribution < 1.29 is 14.3 Å². The van der Waals surface area contributed by atoms with Crippen LogP contribution >= 0.6 is 12.4 Å². The Morgan fingerprint density at radius 1 is 1.19 bits per heavy atom. The Bertz CT molecular complexity index is 522. The fourth-order valence-corrected chi connectivity index (χ4v) is 3.44. The first kappa shape index (κ1) is 22.6. The van der Waals surface area contributed by atoms with Gasteiger partial charge in [-0.15, -0.1) is 12.4 Å². The number of nitrogens with one attached hydrogen (secondary N) is 1. The number of rotatable bonds is 10. The van der Waals surface area contributed by atoms with Crippen LogP contribution in [0.15, 0.2) is 24.3 Å². The Labute approximate surface area is 163 Å². The molecule has 1 atom stereocenters. The minimum atomic E-state index is 0. The molecule has 0 spiro atoms. The number of ether oxygens (including phenoxy) is 2. The van der Waals surface area contributed by atoms with E-state index < -0.39 is 0 Å². The van der Waals surface area contributed by atoms with Gasteiger partial charge in [0.05, 0.1) is 13.2 Å². The van der Waals surface area contributed by atoms with Gasteiger partial charge in [0.25, 0.3) is 0 Å². The van der Waals surface area contributed by atoms with Gasteiger partial charge in [-0.2, -0.15) is 0 Å². The van der Waals surface area contributed by atoms with E-state index in [0.29, 0.717) is 38.5 Å². The number of halogens is 1. The van der Waals surface area contributed by atoms with Gasteiger partial charge in [-0.25, -0.2) is 0 Å². The van der Waals surface area contributed by atoms with Gasteiger partial charge in [-0.05, 0) is 44.2 Å². The number of carbonyl (C=O) groups is 1. The summed E-state index contributed by atoms with van der Waals surface area (Å²) in [6.07, 6.45) is 7.31. The van der Waals surface area contributed by atoms with E-state index in [-0.39, 0.29) is 24.4 Å². The summed E-state index contributed by atoms with van der Waals surface area (Å²) >= 11 is 0. The molecular formula is C20H33ClN2O3. The number of para-hydroxylation sites is 2. The third-order valence-corrected chi connectivity index (χ3v) is 4.77. The third-order valence-electron chi connectivity index (χ3n) is 4.77. The molecule has 3 N–H and O–H groups in total. The Morgan fingerprint density at radius 2 is 1.85 bits per heavy atom. The van der Waals surface area contributed by atoms with E-state index in [0.717, 1.165) is 11.5 Å². The molecule has 0 aliphatic heterocycles. The quantitative estimate of drug-likeness (QED) is 0.603. The van der Waals surface area contributed by atoms with Gasteiger partial charge in [0.1, 0.15) is 0 Å². The van der Waals surface area contributed by atoms with Crippen LogP contribution in [0.5, 0.6) is 11.5 Å². The highest BCUT2D eigenvalue weighted by atomic mass is 35.5. The number of nitrogens with two attached hydrogens (primary N) is 1. The molecule has 1 aromatic rings. The Morgan fingerprint density at radius 3 is 2.46 bits per heavy atom. The van der Waals surface area contributed by atoms with Gasteiger partial charge < -0.3 is 20.5 Å². The minimum Gasteiger partial charge on any atom is -0.490 e. The van der Waals surface area contributed by atoms with E-state index in [1.807, 2.05) is 31.2 Å². The molecule has 0 heterocycles. The summed E-state index contributed by atoms with van der Waals surface area (Å²) in [5.74, 6) is 2.08. The summed E-state index contributed by atoms with van der Waals surface area (Å²) in [6, 6.07) is 7.73. The lowest BCUT2D eigenvalue weighted by Gasteiger charge is -2.30. The summed E-state index contributed by atoms with van der Waals surface area (Å²) in [5.41, 5.74) is 5.87. The highest BCUT2D eigenvalue weighted by Gasteiger charge is 2.23. The molecular weight excluding hydrogens is 352 g/mol. The second-order valence-electron chi connectivity index (χ2n) is 6.64. The van der Waals surface area contributed by atoms with Crippen LogP contribution in [0.3, 0.4) is 0 Å². The van der Waals surface area contributed by atoms with Crippen molar-refractivity contribution in [2.75, 3.05) is 19.8 Å². The maximum absolute atomic E-state index is 12.2. The first-order valence-electron chi connectivity index (χ1n) is 9.58. The average Bonchev–Trinajstić information content (AvgIpc) is 2.65. The molecule has 148 valence electrons. The number of hydrogen-bond donors (Lipinski definition) is 2. The highest BCUT2D eigenvalue weighted by Crippen LogP contribution is 2.27. The smallest absolute Gasteiger partial charge is 0.220 e. The SMILES string of the molecule is CCOc1ccccc1OCCCC(=O)NC(CN)C1CCCCC1.Cl. The second kappa shape index (κ2) is 12.8. The molecule has 1 aliphatic carbocycles. The van der Waals surface area contributed by atoms with E-state index in [4.69, 9.17) is 15.2 Å². The Kier molecular flexibility index (Phi) is 11.1. The maximum atomic E-state index is 12.2. The first-order chi connectivity index (χ1) is 12.2. The first-order valence-corrected chi connectivity index (χ1v) is 9.58. The molecule has 0 saturated heterocycles. The molecule has 0 bridgehead atoms. The number of benzene rings is 1. The molecule has 0 radical (unpaired) electrons. The molecule has 1 aromatic carbocycles. The van der Waals surface area contributed by atoms with E-state index in [9.17, 15) is 4.79 Å². The fraction of sp³-hybridized carbons (Fsp3) is 0.650. The largest absolute Gasteiger partial charge is 0.490 e. The highest BCUT2D eigenvalue weighted by molar-refractivity contribution is 5.85.